The number of ether oxygens (including phenoxy) is 2. The third-order valence-corrected chi connectivity index (χ3v) is 5.40. The Morgan fingerprint density at radius 2 is 1.93 bits per heavy atom. The summed E-state index contributed by atoms with van der Waals surface area (Å²) >= 11 is 0. The molecule has 29 heavy (non-hydrogen) atoms. The number of anilines is 1. The zero-order valence-corrected chi connectivity index (χ0v) is 16.8. The normalized spacial score (nSPS) is 19.6. The Labute approximate surface area is 170 Å². The van der Waals surface area contributed by atoms with Crippen LogP contribution in [-0.2, 0) is 19.1 Å². The number of nitrogens with one attached hydrogen (secondary N) is 2. The Bertz CT molecular complexity index is 725. The maximum Gasteiger partial charge on any atom is 0.315 e. The third-order valence-electron chi connectivity index (χ3n) is 5.40. The molecule has 2 fully saturated rings. The molecular formula is C21H29N3O5. The van der Waals surface area contributed by atoms with Crippen molar-refractivity contribution in [3.8, 4) is 0 Å². The van der Waals surface area contributed by atoms with E-state index in [1.807, 2.05) is 24.3 Å². The van der Waals surface area contributed by atoms with Crippen LogP contribution in [0.4, 0.5) is 5.69 Å². The number of hydrogen-bond acceptors (Lipinski definition) is 6. The SMILES string of the molecule is COC(=O)CC(=O)NC1CCN(c2ccccc2C(=O)NCC2CCCO2)CC1. The Morgan fingerprint density at radius 3 is 2.62 bits per heavy atom. The first-order chi connectivity index (χ1) is 14.1. The number of amides is 2. The van der Waals surface area contributed by atoms with Gasteiger partial charge in [0.15, 0.2) is 0 Å². The van der Waals surface area contributed by atoms with Crippen molar-refractivity contribution in [2.24, 2.45) is 0 Å². The summed E-state index contributed by atoms with van der Waals surface area (Å²) in [6, 6.07) is 7.60. The van der Waals surface area contributed by atoms with E-state index >= 15 is 0 Å². The Hall–Kier alpha value is -2.61. The zero-order valence-electron chi connectivity index (χ0n) is 16.8. The quantitative estimate of drug-likeness (QED) is 0.525. The minimum Gasteiger partial charge on any atom is -0.469 e. The average molecular weight is 403 g/mol. The van der Waals surface area contributed by atoms with Crippen molar-refractivity contribution in [2.45, 2.75) is 44.2 Å². The van der Waals surface area contributed by atoms with Gasteiger partial charge < -0.3 is 25.0 Å². The van der Waals surface area contributed by atoms with Crippen molar-refractivity contribution in [2.75, 3.05) is 38.3 Å². The van der Waals surface area contributed by atoms with Crippen LogP contribution in [0.5, 0.6) is 0 Å². The van der Waals surface area contributed by atoms with Crippen molar-refractivity contribution in [3.05, 3.63) is 29.8 Å². The Kier molecular flexibility index (Phi) is 7.46. The molecule has 158 valence electrons. The molecule has 0 spiro atoms. The van der Waals surface area contributed by atoms with Crippen LogP contribution < -0.4 is 15.5 Å². The standard InChI is InChI=1S/C21H29N3O5/c1-28-20(26)13-19(25)23-15-8-10-24(11-9-15)18-7-3-2-6-17(18)21(27)22-14-16-5-4-12-29-16/h2-3,6-7,15-16H,4-5,8-14H2,1H3,(H,22,27)(H,23,25). The summed E-state index contributed by atoms with van der Waals surface area (Å²) in [5, 5.41) is 5.87. The van der Waals surface area contributed by atoms with E-state index in [2.05, 4.69) is 20.3 Å². The number of carbonyl (C=O) groups is 3. The first-order valence-electron chi connectivity index (χ1n) is 10.2. The van der Waals surface area contributed by atoms with Crippen LogP contribution in [0, 0.1) is 0 Å². The summed E-state index contributed by atoms with van der Waals surface area (Å²) in [5.74, 6) is -0.948. The summed E-state index contributed by atoms with van der Waals surface area (Å²) < 4.78 is 10.1. The highest BCUT2D eigenvalue weighted by molar-refractivity contribution is 5.99. The molecule has 2 amide bonds. The largest absolute Gasteiger partial charge is 0.469 e. The lowest BCUT2D eigenvalue weighted by Gasteiger charge is -2.34. The maximum absolute atomic E-state index is 12.7. The van der Waals surface area contributed by atoms with Gasteiger partial charge >= 0.3 is 5.97 Å². The molecule has 2 saturated heterocycles. The molecule has 1 atom stereocenters. The van der Waals surface area contributed by atoms with Gasteiger partial charge in [0.2, 0.25) is 5.91 Å². The van der Waals surface area contributed by atoms with Crippen molar-refractivity contribution < 1.29 is 23.9 Å². The van der Waals surface area contributed by atoms with E-state index in [0.717, 1.165) is 51.1 Å². The second-order valence-corrected chi connectivity index (χ2v) is 7.44. The van der Waals surface area contributed by atoms with Crippen molar-refractivity contribution in [1.82, 2.24) is 10.6 Å². The Balaban J connectivity index is 1.53. The molecule has 1 aromatic rings. The van der Waals surface area contributed by atoms with Crippen LogP contribution in [0.25, 0.3) is 0 Å². The van der Waals surface area contributed by atoms with Crippen LogP contribution in [0.2, 0.25) is 0 Å². The fourth-order valence-electron chi connectivity index (χ4n) is 3.80. The molecule has 2 aliphatic rings. The lowest BCUT2D eigenvalue weighted by molar-refractivity contribution is -0.144. The lowest BCUT2D eigenvalue weighted by atomic mass is 10.0. The first-order valence-corrected chi connectivity index (χ1v) is 10.2. The highest BCUT2D eigenvalue weighted by Crippen LogP contribution is 2.24. The van der Waals surface area contributed by atoms with Crippen molar-refractivity contribution in [1.29, 1.82) is 0 Å². The second kappa shape index (κ2) is 10.2. The topological polar surface area (TPSA) is 97.0 Å². The summed E-state index contributed by atoms with van der Waals surface area (Å²) in [7, 11) is 1.27. The molecule has 8 heteroatoms. The van der Waals surface area contributed by atoms with Gasteiger partial charge in [-0.05, 0) is 37.8 Å². The van der Waals surface area contributed by atoms with Gasteiger partial charge in [-0.1, -0.05) is 12.1 Å². The van der Waals surface area contributed by atoms with Gasteiger partial charge in [0.05, 0.1) is 18.8 Å². The number of benzene rings is 1. The monoisotopic (exact) mass is 403 g/mol. The van der Waals surface area contributed by atoms with Gasteiger partial charge in [-0.25, -0.2) is 0 Å². The summed E-state index contributed by atoms with van der Waals surface area (Å²) in [6.45, 7) is 2.74. The van der Waals surface area contributed by atoms with Gasteiger partial charge in [0, 0.05) is 38.0 Å². The molecule has 0 radical (unpaired) electrons. The summed E-state index contributed by atoms with van der Waals surface area (Å²) in [6.07, 6.45) is 3.37. The number of rotatable bonds is 7. The van der Waals surface area contributed by atoms with Crippen LogP contribution in [-0.4, -0.2) is 63.3 Å². The van der Waals surface area contributed by atoms with Gasteiger partial charge in [-0.3, -0.25) is 14.4 Å². The summed E-state index contributed by atoms with van der Waals surface area (Å²) in [5.41, 5.74) is 1.55. The van der Waals surface area contributed by atoms with E-state index in [4.69, 9.17) is 4.74 Å². The average Bonchev–Trinajstić information content (AvgIpc) is 3.26. The van der Waals surface area contributed by atoms with E-state index in [9.17, 15) is 14.4 Å². The molecule has 2 heterocycles. The molecule has 1 aromatic carbocycles. The van der Waals surface area contributed by atoms with E-state index in [0.29, 0.717) is 12.1 Å². The Morgan fingerprint density at radius 1 is 1.17 bits per heavy atom. The number of methoxy groups -OCH3 is 1. The van der Waals surface area contributed by atoms with Crippen LogP contribution in [0.15, 0.2) is 24.3 Å². The lowest BCUT2D eigenvalue weighted by Crippen LogP contribution is -2.45. The van der Waals surface area contributed by atoms with Gasteiger partial charge in [-0.2, -0.15) is 0 Å². The van der Waals surface area contributed by atoms with Gasteiger partial charge in [0.1, 0.15) is 6.42 Å². The molecule has 8 nitrogen and oxygen atoms in total. The molecule has 0 bridgehead atoms. The van der Waals surface area contributed by atoms with E-state index in [1.54, 1.807) is 0 Å². The predicted octanol–water partition coefficient (Wildman–Crippen LogP) is 1.24. The maximum atomic E-state index is 12.7. The fraction of sp³-hybridized carbons (Fsp3) is 0.571. The number of hydrogen-bond donors (Lipinski definition) is 2. The van der Waals surface area contributed by atoms with Crippen LogP contribution in [0.1, 0.15) is 42.5 Å². The van der Waals surface area contributed by atoms with Gasteiger partial charge in [0.25, 0.3) is 5.91 Å². The minimum atomic E-state index is -0.539. The van der Waals surface area contributed by atoms with E-state index in [-0.39, 0.29) is 30.4 Å². The van der Waals surface area contributed by atoms with E-state index in [1.165, 1.54) is 7.11 Å². The highest BCUT2D eigenvalue weighted by atomic mass is 16.5. The first kappa shape index (κ1) is 21.1. The number of esters is 1. The highest BCUT2D eigenvalue weighted by Gasteiger charge is 2.25. The van der Waals surface area contributed by atoms with Crippen LogP contribution >= 0.6 is 0 Å². The molecule has 0 saturated carbocycles. The predicted molar refractivity (Wildman–Crippen MR) is 108 cm³/mol. The van der Waals surface area contributed by atoms with Crippen molar-refractivity contribution >= 4 is 23.5 Å². The molecule has 3 rings (SSSR count). The van der Waals surface area contributed by atoms with E-state index < -0.39 is 5.97 Å². The molecule has 2 aliphatic heterocycles. The molecule has 0 aliphatic carbocycles. The number of piperidine rings is 1. The molecule has 2 N–H and O–H groups in total. The number of nitrogens with zero attached hydrogens (tertiary/aromatic N) is 1. The van der Waals surface area contributed by atoms with Crippen LogP contribution in [0.3, 0.4) is 0 Å². The minimum absolute atomic E-state index is 0.0175. The molecule has 1 unspecified atom stereocenters. The number of carbonyl (C=O) groups excluding carboxylic acids is 3. The zero-order chi connectivity index (χ0) is 20.6. The number of para-hydroxylation sites is 1. The smallest absolute Gasteiger partial charge is 0.315 e. The molecular weight excluding hydrogens is 374 g/mol. The van der Waals surface area contributed by atoms with Gasteiger partial charge in [-0.15, -0.1) is 0 Å². The third kappa shape index (κ3) is 5.93. The fourth-order valence-corrected chi connectivity index (χ4v) is 3.80. The molecule has 0 aromatic heterocycles. The second-order valence-electron chi connectivity index (χ2n) is 7.44. The summed E-state index contributed by atoms with van der Waals surface area (Å²) in [4.78, 5) is 38.0. The van der Waals surface area contributed by atoms with Crippen molar-refractivity contribution in [3.63, 3.8) is 0 Å².